The number of aromatic nitrogens is 1. The molecule has 0 saturated carbocycles. The van der Waals surface area contributed by atoms with E-state index in [9.17, 15) is 24.8 Å². The molecule has 4 rings (SSSR count). The molecule has 0 bridgehead atoms. The summed E-state index contributed by atoms with van der Waals surface area (Å²) in [7, 11) is 0. The minimum absolute atomic E-state index is 0.0102. The van der Waals surface area contributed by atoms with Crippen LogP contribution in [0.2, 0.25) is 0 Å². The number of allylic oxidation sites excluding steroid dienone is 1. The lowest BCUT2D eigenvalue weighted by Gasteiger charge is -2.24. The molecule has 1 aliphatic heterocycles. The second kappa shape index (κ2) is 9.35. The van der Waals surface area contributed by atoms with E-state index < -0.39 is 33.9 Å². The van der Waals surface area contributed by atoms with Crippen LogP contribution in [0.3, 0.4) is 0 Å². The Labute approximate surface area is 205 Å². The predicted octanol–water partition coefficient (Wildman–Crippen LogP) is 2.54. The van der Waals surface area contributed by atoms with Gasteiger partial charge in [-0.15, -0.1) is 0 Å². The summed E-state index contributed by atoms with van der Waals surface area (Å²) in [6, 6.07) is 10.8. The molecule has 11 heteroatoms. The van der Waals surface area contributed by atoms with Crippen LogP contribution in [0, 0.1) is 10.1 Å². The van der Waals surface area contributed by atoms with E-state index >= 15 is 0 Å². The maximum atomic E-state index is 13.5. The molecule has 34 heavy (non-hydrogen) atoms. The predicted molar refractivity (Wildman–Crippen MR) is 127 cm³/mol. The first-order chi connectivity index (χ1) is 16.2. The van der Waals surface area contributed by atoms with Gasteiger partial charge in [-0.1, -0.05) is 57.6 Å². The summed E-state index contributed by atoms with van der Waals surface area (Å²) >= 11 is 4.20. The second-order valence-corrected chi connectivity index (χ2v) is 9.24. The highest BCUT2D eigenvalue weighted by Crippen LogP contribution is 2.32. The Morgan fingerprint density at radius 1 is 1.32 bits per heavy atom. The number of rotatable bonds is 5. The fourth-order valence-electron chi connectivity index (χ4n) is 3.73. The molecule has 3 aromatic rings. The number of halogens is 1. The Morgan fingerprint density at radius 3 is 2.68 bits per heavy atom. The van der Waals surface area contributed by atoms with Crippen LogP contribution < -0.4 is 20.0 Å². The van der Waals surface area contributed by atoms with Crippen LogP contribution in [0.25, 0.3) is 6.08 Å². The number of nitrogens with zero attached hydrogens (tertiary/aromatic N) is 3. The fraction of sp³-hybridized carbons (Fsp3) is 0.174. The van der Waals surface area contributed by atoms with Crippen LogP contribution in [0.1, 0.15) is 31.0 Å². The minimum Gasteiger partial charge on any atom is -0.867 e. The molecule has 0 saturated heterocycles. The fourth-order valence-corrected chi connectivity index (χ4v) is 5.23. The van der Waals surface area contributed by atoms with Crippen molar-refractivity contribution in [3.05, 3.63) is 99.1 Å². The molecular weight excluding hydrogens is 526 g/mol. The van der Waals surface area contributed by atoms with Crippen molar-refractivity contribution in [1.82, 2.24) is 4.57 Å². The Hall–Kier alpha value is -3.57. The van der Waals surface area contributed by atoms with Gasteiger partial charge in [0.05, 0.1) is 33.4 Å². The van der Waals surface area contributed by atoms with Gasteiger partial charge in [-0.2, -0.15) is 0 Å². The lowest BCUT2D eigenvalue weighted by atomic mass is 9.96. The molecule has 0 spiro atoms. The Balaban J connectivity index is 1.98. The maximum Gasteiger partial charge on any atom is 0.338 e. The van der Waals surface area contributed by atoms with Crippen LogP contribution >= 0.6 is 27.3 Å². The van der Waals surface area contributed by atoms with E-state index in [0.29, 0.717) is 20.5 Å². The van der Waals surface area contributed by atoms with Crippen molar-refractivity contribution < 1.29 is 19.6 Å². The molecule has 2 aromatic carbocycles. The van der Waals surface area contributed by atoms with Crippen molar-refractivity contribution >= 4 is 45.0 Å². The molecule has 0 N–H and O–H groups in total. The van der Waals surface area contributed by atoms with Crippen molar-refractivity contribution in [2.24, 2.45) is 4.99 Å². The molecule has 2 heterocycles. The third-order valence-electron chi connectivity index (χ3n) is 5.18. The topological polar surface area (TPSA) is 127 Å². The van der Waals surface area contributed by atoms with Gasteiger partial charge in [0.15, 0.2) is 4.80 Å². The quantitative estimate of drug-likeness (QED) is 0.277. The van der Waals surface area contributed by atoms with E-state index in [4.69, 9.17) is 4.74 Å². The first kappa shape index (κ1) is 23.6. The summed E-state index contributed by atoms with van der Waals surface area (Å²) in [6.07, 6.45) is 1.31. The molecular formula is C23H17BrN3O6S-. The molecule has 0 unspecified atom stereocenters. The van der Waals surface area contributed by atoms with Gasteiger partial charge in [0.1, 0.15) is 0 Å². The van der Waals surface area contributed by atoms with Crippen LogP contribution in [0.15, 0.2) is 68.0 Å². The average Bonchev–Trinajstić information content (AvgIpc) is 3.10. The van der Waals surface area contributed by atoms with Gasteiger partial charge in [0, 0.05) is 10.5 Å². The van der Waals surface area contributed by atoms with Gasteiger partial charge in [-0.05, 0) is 42.9 Å². The number of carbonyl (C=O) groups is 1. The maximum absolute atomic E-state index is 13.5. The van der Waals surface area contributed by atoms with Gasteiger partial charge in [-0.25, -0.2) is 9.79 Å². The molecule has 0 radical (unpaired) electrons. The lowest BCUT2D eigenvalue weighted by molar-refractivity contribution is -0.398. The van der Waals surface area contributed by atoms with Crippen LogP contribution in [0.5, 0.6) is 5.75 Å². The highest BCUT2D eigenvalue weighted by molar-refractivity contribution is 9.10. The summed E-state index contributed by atoms with van der Waals surface area (Å²) in [5.41, 5.74) is 0.265. The van der Waals surface area contributed by atoms with E-state index in [2.05, 4.69) is 20.9 Å². The van der Waals surface area contributed by atoms with Crippen LogP contribution in [-0.2, 0) is 9.53 Å². The van der Waals surface area contributed by atoms with E-state index in [0.717, 1.165) is 17.4 Å². The smallest absolute Gasteiger partial charge is 0.338 e. The Kier molecular flexibility index (Phi) is 6.49. The second-order valence-electron chi connectivity index (χ2n) is 7.31. The zero-order valence-electron chi connectivity index (χ0n) is 18.0. The number of benzene rings is 2. The normalized spacial score (nSPS) is 15.6. The summed E-state index contributed by atoms with van der Waals surface area (Å²) in [5, 5.41) is 23.8. The van der Waals surface area contributed by atoms with E-state index in [-0.39, 0.29) is 22.3 Å². The molecule has 9 nitrogen and oxygen atoms in total. The van der Waals surface area contributed by atoms with Crippen molar-refractivity contribution in [1.29, 1.82) is 0 Å². The third kappa shape index (κ3) is 4.19. The Bertz CT molecular complexity index is 1520. The minimum atomic E-state index is -0.804. The number of nitro benzene ring substituents is 1. The summed E-state index contributed by atoms with van der Waals surface area (Å²) in [6.45, 7) is 3.53. The summed E-state index contributed by atoms with van der Waals surface area (Å²) in [5.74, 6) is -1.38. The summed E-state index contributed by atoms with van der Waals surface area (Å²) < 4.78 is 7.12. The monoisotopic (exact) mass is 542 g/mol. The van der Waals surface area contributed by atoms with Gasteiger partial charge >= 0.3 is 5.97 Å². The molecule has 1 aromatic heterocycles. The first-order valence-electron chi connectivity index (χ1n) is 10.1. The number of ether oxygens (including phenoxy) is 1. The standard InChI is InChI=1S/C23H18BrN3O6S/c1-3-33-22(30)18-12(2)25-23-26(19(18)13-7-5-4-6-8-13)21(29)17(34-23)10-14-9-15(24)11-16(20(14)28)27(31)32/h4-11,19,28H,3H2,1-2H3/p-1/b17-10-/t19-/m0/s1. The molecule has 1 aliphatic rings. The third-order valence-corrected chi connectivity index (χ3v) is 6.62. The molecule has 174 valence electrons. The van der Waals surface area contributed by atoms with E-state index in [1.807, 2.05) is 6.07 Å². The van der Waals surface area contributed by atoms with Crippen molar-refractivity contribution in [2.75, 3.05) is 6.61 Å². The SMILES string of the molecule is CCOC(=O)C1=C(C)N=c2s/c(=C\c3cc(Br)cc([N+](=O)[O-])c3[O-])c(=O)n2[C@H]1c1ccccc1. The molecule has 0 fully saturated rings. The zero-order valence-corrected chi connectivity index (χ0v) is 20.4. The highest BCUT2D eigenvalue weighted by Gasteiger charge is 2.33. The van der Waals surface area contributed by atoms with Crippen molar-refractivity contribution in [3.63, 3.8) is 0 Å². The van der Waals surface area contributed by atoms with Crippen LogP contribution in [0.4, 0.5) is 5.69 Å². The molecule has 0 amide bonds. The number of carbonyl (C=O) groups excluding carboxylic acids is 1. The van der Waals surface area contributed by atoms with E-state index in [1.54, 1.807) is 38.1 Å². The number of nitro groups is 1. The van der Waals surface area contributed by atoms with Gasteiger partial charge in [0.2, 0.25) is 0 Å². The van der Waals surface area contributed by atoms with Gasteiger partial charge in [0.25, 0.3) is 11.2 Å². The van der Waals surface area contributed by atoms with Gasteiger partial charge in [-0.3, -0.25) is 19.5 Å². The number of esters is 1. The van der Waals surface area contributed by atoms with Gasteiger partial charge < -0.3 is 9.84 Å². The van der Waals surface area contributed by atoms with Crippen molar-refractivity contribution in [2.45, 2.75) is 19.9 Å². The molecule has 1 atom stereocenters. The zero-order chi connectivity index (χ0) is 24.6. The summed E-state index contributed by atoms with van der Waals surface area (Å²) in [4.78, 5) is 41.6. The largest absolute Gasteiger partial charge is 0.867 e. The Morgan fingerprint density at radius 2 is 2.03 bits per heavy atom. The number of hydrogen-bond donors (Lipinski definition) is 0. The van der Waals surface area contributed by atoms with Crippen LogP contribution in [-0.4, -0.2) is 22.1 Å². The lowest BCUT2D eigenvalue weighted by Crippen LogP contribution is -2.39. The number of fused-ring (bicyclic) bond motifs is 1. The first-order valence-corrected chi connectivity index (χ1v) is 11.7. The molecule has 0 aliphatic carbocycles. The average molecular weight is 543 g/mol. The highest BCUT2D eigenvalue weighted by atomic mass is 79.9. The van der Waals surface area contributed by atoms with E-state index in [1.165, 1.54) is 16.7 Å². The number of thiazole rings is 1. The van der Waals surface area contributed by atoms with Crippen molar-refractivity contribution in [3.8, 4) is 5.75 Å². The number of hydrogen-bond acceptors (Lipinski definition) is 8.